The van der Waals surface area contributed by atoms with Crippen LogP contribution in [0.25, 0.3) is 107 Å². The van der Waals surface area contributed by atoms with Crippen LogP contribution in [0.3, 0.4) is 0 Å². The van der Waals surface area contributed by atoms with Crippen molar-refractivity contribution < 1.29 is 0 Å². The molecule has 49 heavy (non-hydrogen) atoms. The third-order valence-electron chi connectivity index (χ3n) is 10.6. The molecule has 0 saturated carbocycles. The topological polar surface area (TPSA) is 0 Å². The molecular formula is C48H28S. The van der Waals surface area contributed by atoms with Gasteiger partial charge in [-0.3, -0.25) is 0 Å². The molecule has 0 fully saturated rings. The number of thiophene rings is 1. The molecule has 10 aromatic carbocycles. The third-order valence-corrected chi connectivity index (χ3v) is 11.8. The van der Waals surface area contributed by atoms with Gasteiger partial charge in [-0.15, -0.1) is 11.3 Å². The van der Waals surface area contributed by atoms with Gasteiger partial charge >= 0.3 is 0 Å². The minimum absolute atomic E-state index is 1.29. The SMILES string of the molecule is c1ccc2c(c1)c(-c1ccc(-c3cc4c5ccccc5c5ccccc5c4c4ccccc34)s1)cc1c3ccccc3c3ccccc3c21. The van der Waals surface area contributed by atoms with Gasteiger partial charge in [0.2, 0.25) is 0 Å². The van der Waals surface area contributed by atoms with E-state index in [-0.39, 0.29) is 0 Å². The molecule has 226 valence electrons. The van der Waals surface area contributed by atoms with Gasteiger partial charge in [0.15, 0.2) is 0 Å². The van der Waals surface area contributed by atoms with Crippen LogP contribution in [-0.4, -0.2) is 0 Å². The molecule has 1 aromatic heterocycles. The minimum Gasteiger partial charge on any atom is -0.135 e. The summed E-state index contributed by atoms with van der Waals surface area (Å²) in [6, 6.07) is 63.1. The van der Waals surface area contributed by atoms with E-state index in [0.29, 0.717) is 0 Å². The Balaban J connectivity index is 1.21. The first kappa shape index (κ1) is 27.0. The highest BCUT2D eigenvalue weighted by Crippen LogP contribution is 2.47. The fourth-order valence-electron chi connectivity index (χ4n) is 8.57. The van der Waals surface area contributed by atoms with Crippen LogP contribution in [0.15, 0.2) is 170 Å². The zero-order valence-electron chi connectivity index (χ0n) is 26.6. The van der Waals surface area contributed by atoms with Crippen LogP contribution in [-0.2, 0) is 0 Å². The average Bonchev–Trinajstić information content (AvgIpc) is 3.67. The Hall–Kier alpha value is -6.02. The van der Waals surface area contributed by atoms with Crippen molar-refractivity contribution in [3.8, 4) is 20.9 Å². The van der Waals surface area contributed by atoms with Crippen molar-refractivity contribution in [2.24, 2.45) is 0 Å². The van der Waals surface area contributed by atoms with Crippen LogP contribution in [0.1, 0.15) is 0 Å². The Morgan fingerprint density at radius 2 is 0.469 bits per heavy atom. The third kappa shape index (κ3) is 3.79. The summed E-state index contributed by atoms with van der Waals surface area (Å²) >= 11 is 1.90. The van der Waals surface area contributed by atoms with Crippen molar-refractivity contribution in [1.82, 2.24) is 0 Å². The van der Waals surface area contributed by atoms with Gasteiger partial charge in [0.25, 0.3) is 0 Å². The maximum absolute atomic E-state index is 2.46. The minimum atomic E-state index is 1.29. The van der Waals surface area contributed by atoms with E-state index in [1.54, 1.807) is 0 Å². The number of hydrogen-bond acceptors (Lipinski definition) is 1. The van der Waals surface area contributed by atoms with Crippen molar-refractivity contribution in [1.29, 1.82) is 0 Å². The number of fused-ring (bicyclic) bond motifs is 16. The van der Waals surface area contributed by atoms with E-state index >= 15 is 0 Å². The van der Waals surface area contributed by atoms with Crippen molar-refractivity contribution >= 4 is 97.5 Å². The van der Waals surface area contributed by atoms with Crippen LogP contribution in [0.2, 0.25) is 0 Å². The first-order valence-corrected chi connectivity index (χ1v) is 17.8. The zero-order chi connectivity index (χ0) is 32.1. The van der Waals surface area contributed by atoms with Gasteiger partial charge in [0, 0.05) is 20.9 Å². The molecular weight excluding hydrogens is 609 g/mol. The summed E-state index contributed by atoms with van der Waals surface area (Å²) in [5, 5.41) is 21.0. The lowest BCUT2D eigenvalue weighted by molar-refractivity contribution is 1.76. The molecule has 0 aliphatic carbocycles. The summed E-state index contributed by atoms with van der Waals surface area (Å²) in [4.78, 5) is 2.58. The zero-order valence-corrected chi connectivity index (χ0v) is 27.4. The highest BCUT2D eigenvalue weighted by molar-refractivity contribution is 7.19. The highest BCUT2D eigenvalue weighted by atomic mass is 32.1. The molecule has 0 bridgehead atoms. The lowest BCUT2D eigenvalue weighted by atomic mass is 9.88. The number of rotatable bonds is 2. The van der Waals surface area contributed by atoms with E-state index in [2.05, 4.69) is 170 Å². The summed E-state index contributed by atoms with van der Waals surface area (Å²) < 4.78 is 0. The molecule has 0 unspecified atom stereocenters. The van der Waals surface area contributed by atoms with Gasteiger partial charge in [-0.1, -0.05) is 146 Å². The van der Waals surface area contributed by atoms with Gasteiger partial charge in [-0.2, -0.15) is 0 Å². The quantitative estimate of drug-likeness (QED) is 0.166. The standard InChI is InChI=1S/C48H28S/c1-3-17-33-29(13-1)31-15-5-9-21-37(31)47-39-23-11-7-19-35(39)41(27-43(33)47)45-25-26-46(49-45)42-28-44-34-18-4-2-14-30(34)32-16-6-10-22-38(32)48(44)40-24-12-8-20-36(40)42/h1-28H. The average molecular weight is 637 g/mol. The van der Waals surface area contributed by atoms with Crippen molar-refractivity contribution in [3.63, 3.8) is 0 Å². The first-order chi connectivity index (χ1) is 24.3. The number of benzene rings is 10. The van der Waals surface area contributed by atoms with Crippen LogP contribution in [0.4, 0.5) is 0 Å². The molecule has 0 radical (unpaired) electrons. The van der Waals surface area contributed by atoms with Crippen LogP contribution in [0.5, 0.6) is 0 Å². The molecule has 0 aliphatic rings. The molecule has 1 heteroatoms. The van der Waals surface area contributed by atoms with Gasteiger partial charge in [0.1, 0.15) is 0 Å². The largest absolute Gasteiger partial charge is 0.135 e. The van der Waals surface area contributed by atoms with E-state index in [1.165, 1.54) is 107 Å². The van der Waals surface area contributed by atoms with E-state index in [1.807, 2.05) is 11.3 Å². The Kier molecular flexibility index (Phi) is 5.64. The number of hydrogen-bond donors (Lipinski definition) is 0. The molecule has 11 aromatic rings. The van der Waals surface area contributed by atoms with Crippen molar-refractivity contribution in [2.45, 2.75) is 0 Å². The van der Waals surface area contributed by atoms with Crippen molar-refractivity contribution in [3.05, 3.63) is 170 Å². The highest BCUT2D eigenvalue weighted by Gasteiger charge is 2.19. The molecule has 11 rings (SSSR count). The Morgan fingerprint density at radius 3 is 0.816 bits per heavy atom. The Labute approximate surface area is 287 Å². The molecule has 0 nitrogen and oxygen atoms in total. The first-order valence-electron chi connectivity index (χ1n) is 16.9. The lowest BCUT2D eigenvalue weighted by Gasteiger charge is -2.16. The summed E-state index contributed by atoms with van der Waals surface area (Å²) in [6.07, 6.45) is 0. The normalized spacial score (nSPS) is 12.1. The van der Waals surface area contributed by atoms with E-state index in [0.717, 1.165) is 0 Å². The molecule has 0 atom stereocenters. The van der Waals surface area contributed by atoms with E-state index in [4.69, 9.17) is 0 Å². The van der Waals surface area contributed by atoms with Crippen LogP contribution >= 0.6 is 11.3 Å². The fraction of sp³-hybridized carbons (Fsp3) is 0. The van der Waals surface area contributed by atoms with Gasteiger partial charge in [0.05, 0.1) is 0 Å². The second-order valence-electron chi connectivity index (χ2n) is 13.1. The van der Waals surface area contributed by atoms with Crippen LogP contribution < -0.4 is 0 Å². The summed E-state index contributed by atoms with van der Waals surface area (Å²) in [7, 11) is 0. The maximum Gasteiger partial charge on any atom is 0.0355 e. The molecule has 0 N–H and O–H groups in total. The van der Waals surface area contributed by atoms with Crippen LogP contribution in [0, 0.1) is 0 Å². The molecule has 0 spiro atoms. The maximum atomic E-state index is 2.46. The van der Waals surface area contributed by atoms with E-state index < -0.39 is 0 Å². The second-order valence-corrected chi connectivity index (χ2v) is 14.2. The van der Waals surface area contributed by atoms with Gasteiger partial charge in [-0.05, 0) is 110 Å². The molecule has 0 aliphatic heterocycles. The Morgan fingerprint density at radius 1 is 0.224 bits per heavy atom. The summed E-state index contributed by atoms with van der Waals surface area (Å²) in [5.41, 5.74) is 2.59. The predicted octanol–water partition coefficient (Wildman–Crippen LogP) is 14.3. The fourth-order valence-corrected chi connectivity index (χ4v) is 9.64. The van der Waals surface area contributed by atoms with Gasteiger partial charge in [-0.25, -0.2) is 0 Å². The monoisotopic (exact) mass is 636 g/mol. The van der Waals surface area contributed by atoms with E-state index in [9.17, 15) is 0 Å². The summed E-state index contributed by atoms with van der Waals surface area (Å²) in [5.74, 6) is 0. The molecule has 0 amide bonds. The smallest absolute Gasteiger partial charge is 0.0355 e. The molecule has 1 heterocycles. The van der Waals surface area contributed by atoms with Crippen molar-refractivity contribution in [2.75, 3.05) is 0 Å². The second kappa shape index (κ2) is 10.2. The summed E-state index contributed by atoms with van der Waals surface area (Å²) in [6.45, 7) is 0. The lowest BCUT2D eigenvalue weighted by Crippen LogP contribution is -1.87. The predicted molar refractivity (Wildman–Crippen MR) is 215 cm³/mol. The Bertz CT molecular complexity index is 2950. The van der Waals surface area contributed by atoms with Gasteiger partial charge < -0.3 is 0 Å². The molecule has 0 saturated heterocycles.